The Morgan fingerprint density at radius 3 is 2.85 bits per heavy atom. The summed E-state index contributed by atoms with van der Waals surface area (Å²) in [7, 11) is 0. The van der Waals surface area contributed by atoms with Crippen LogP contribution >= 0.6 is 0 Å². The van der Waals surface area contributed by atoms with Gasteiger partial charge in [0.05, 0.1) is 12.0 Å². The van der Waals surface area contributed by atoms with Gasteiger partial charge in [0.15, 0.2) is 0 Å². The zero-order chi connectivity index (χ0) is 13.9. The molecule has 2 aliphatic rings. The van der Waals surface area contributed by atoms with E-state index >= 15 is 0 Å². The second-order valence-electron chi connectivity index (χ2n) is 6.80. The molecule has 1 aliphatic heterocycles. The van der Waals surface area contributed by atoms with E-state index in [9.17, 15) is 0 Å². The maximum atomic E-state index is 4.49. The first-order valence-electron chi connectivity index (χ1n) is 8.57. The lowest BCUT2D eigenvalue weighted by Crippen LogP contribution is -2.36. The van der Waals surface area contributed by atoms with Crippen LogP contribution in [0.1, 0.15) is 83.0 Å². The highest BCUT2D eigenvalue weighted by molar-refractivity contribution is 5.09. The molecule has 4 unspecified atom stereocenters. The first kappa shape index (κ1) is 14.1. The van der Waals surface area contributed by atoms with Crippen LogP contribution in [0.15, 0.2) is 12.5 Å². The van der Waals surface area contributed by atoms with Crippen molar-refractivity contribution in [1.29, 1.82) is 0 Å². The summed E-state index contributed by atoms with van der Waals surface area (Å²) < 4.78 is 2.52. The van der Waals surface area contributed by atoms with Gasteiger partial charge >= 0.3 is 0 Å². The minimum atomic E-state index is 0.515. The monoisotopic (exact) mass is 275 g/mol. The molecule has 112 valence electrons. The Morgan fingerprint density at radius 2 is 2.05 bits per heavy atom. The SMILES string of the molecule is CCC1CCCCC1n1cncc1C1CCCC(C)N1. The van der Waals surface area contributed by atoms with Crippen LogP contribution in [0, 0.1) is 5.92 Å². The smallest absolute Gasteiger partial charge is 0.0951 e. The van der Waals surface area contributed by atoms with Crippen LogP contribution in [0.25, 0.3) is 0 Å². The summed E-state index contributed by atoms with van der Waals surface area (Å²) >= 11 is 0. The predicted molar refractivity (Wildman–Crippen MR) is 82.7 cm³/mol. The van der Waals surface area contributed by atoms with Crippen LogP contribution in [-0.4, -0.2) is 15.6 Å². The van der Waals surface area contributed by atoms with E-state index in [1.54, 1.807) is 0 Å². The molecule has 0 aromatic carbocycles. The van der Waals surface area contributed by atoms with Gasteiger partial charge in [0.1, 0.15) is 0 Å². The Balaban J connectivity index is 1.81. The summed E-state index contributed by atoms with van der Waals surface area (Å²) in [5.74, 6) is 0.845. The summed E-state index contributed by atoms with van der Waals surface area (Å²) in [6.45, 7) is 4.66. The van der Waals surface area contributed by atoms with Gasteiger partial charge < -0.3 is 9.88 Å². The number of rotatable bonds is 3. The van der Waals surface area contributed by atoms with Crippen LogP contribution in [0.3, 0.4) is 0 Å². The highest BCUT2D eigenvalue weighted by atomic mass is 15.1. The molecule has 3 heteroatoms. The first-order chi connectivity index (χ1) is 9.79. The lowest BCUT2D eigenvalue weighted by Gasteiger charge is -2.36. The molecule has 1 N–H and O–H groups in total. The summed E-state index contributed by atoms with van der Waals surface area (Å²) in [5.41, 5.74) is 1.43. The van der Waals surface area contributed by atoms with Gasteiger partial charge in [-0.05, 0) is 44.9 Å². The standard InChI is InChI=1S/C17H29N3/c1-3-14-8-4-5-10-16(14)20-12-18-11-17(20)15-9-6-7-13(2)19-15/h11-16,19H,3-10H2,1-2H3. The summed E-state index contributed by atoms with van der Waals surface area (Å²) in [6, 6.07) is 1.84. The van der Waals surface area contributed by atoms with Gasteiger partial charge in [-0.2, -0.15) is 0 Å². The van der Waals surface area contributed by atoms with Gasteiger partial charge in [0.2, 0.25) is 0 Å². The third-order valence-electron chi connectivity index (χ3n) is 5.42. The molecule has 4 atom stereocenters. The number of nitrogens with one attached hydrogen (secondary N) is 1. The van der Waals surface area contributed by atoms with E-state index in [0.717, 1.165) is 5.92 Å². The second kappa shape index (κ2) is 6.30. The second-order valence-corrected chi connectivity index (χ2v) is 6.80. The number of piperidine rings is 1. The van der Waals surface area contributed by atoms with Crippen molar-refractivity contribution in [3.05, 3.63) is 18.2 Å². The Labute approximate surface area is 123 Å². The largest absolute Gasteiger partial charge is 0.330 e. The average molecular weight is 275 g/mol. The van der Waals surface area contributed by atoms with Crippen molar-refractivity contribution in [2.45, 2.75) is 83.3 Å². The van der Waals surface area contributed by atoms with E-state index < -0.39 is 0 Å². The zero-order valence-electron chi connectivity index (χ0n) is 13.0. The van der Waals surface area contributed by atoms with Gasteiger partial charge in [-0.1, -0.05) is 26.2 Å². The number of aromatic nitrogens is 2. The fourth-order valence-electron chi connectivity index (χ4n) is 4.26. The highest BCUT2D eigenvalue weighted by Gasteiger charge is 2.29. The Kier molecular flexibility index (Phi) is 4.45. The van der Waals surface area contributed by atoms with Crippen LogP contribution in [-0.2, 0) is 0 Å². The summed E-state index contributed by atoms with van der Waals surface area (Å²) in [6.07, 6.45) is 14.9. The fourth-order valence-corrected chi connectivity index (χ4v) is 4.26. The molecule has 1 aromatic rings. The van der Waals surface area contributed by atoms with Crippen LogP contribution in [0.4, 0.5) is 0 Å². The van der Waals surface area contributed by atoms with Crippen molar-refractivity contribution in [3.8, 4) is 0 Å². The van der Waals surface area contributed by atoms with E-state index in [4.69, 9.17) is 0 Å². The minimum Gasteiger partial charge on any atom is -0.330 e. The molecule has 1 saturated carbocycles. The maximum absolute atomic E-state index is 4.49. The lowest BCUT2D eigenvalue weighted by atomic mass is 9.82. The molecule has 2 heterocycles. The van der Waals surface area contributed by atoms with Crippen molar-refractivity contribution in [2.24, 2.45) is 5.92 Å². The van der Waals surface area contributed by atoms with Gasteiger partial charge in [-0.25, -0.2) is 4.98 Å². The first-order valence-corrected chi connectivity index (χ1v) is 8.57. The Morgan fingerprint density at radius 1 is 1.20 bits per heavy atom. The van der Waals surface area contributed by atoms with Crippen molar-refractivity contribution >= 4 is 0 Å². The predicted octanol–water partition coefficient (Wildman–Crippen LogP) is 4.23. The van der Waals surface area contributed by atoms with Crippen molar-refractivity contribution in [2.75, 3.05) is 0 Å². The lowest BCUT2D eigenvalue weighted by molar-refractivity contribution is 0.220. The maximum Gasteiger partial charge on any atom is 0.0951 e. The van der Waals surface area contributed by atoms with E-state index in [2.05, 4.69) is 41.2 Å². The summed E-state index contributed by atoms with van der Waals surface area (Å²) in [4.78, 5) is 4.49. The number of hydrogen-bond donors (Lipinski definition) is 1. The molecule has 1 saturated heterocycles. The molecule has 0 spiro atoms. The van der Waals surface area contributed by atoms with E-state index in [1.807, 2.05) is 0 Å². The molecule has 2 fully saturated rings. The van der Waals surface area contributed by atoms with Gasteiger partial charge in [0, 0.05) is 24.3 Å². The van der Waals surface area contributed by atoms with Gasteiger partial charge in [-0.15, -0.1) is 0 Å². The molecule has 0 radical (unpaired) electrons. The normalized spacial score (nSPS) is 35.1. The molecular formula is C17H29N3. The number of imidazole rings is 1. The Hall–Kier alpha value is -0.830. The van der Waals surface area contributed by atoms with Gasteiger partial charge in [0.25, 0.3) is 0 Å². The van der Waals surface area contributed by atoms with Crippen molar-refractivity contribution < 1.29 is 0 Å². The van der Waals surface area contributed by atoms with Gasteiger partial charge in [-0.3, -0.25) is 0 Å². The van der Waals surface area contributed by atoms with E-state index in [1.165, 1.54) is 57.1 Å². The van der Waals surface area contributed by atoms with Crippen LogP contribution in [0.2, 0.25) is 0 Å². The molecule has 0 bridgehead atoms. The molecule has 3 nitrogen and oxygen atoms in total. The molecule has 3 rings (SSSR count). The van der Waals surface area contributed by atoms with E-state index in [0.29, 0.717) is 18.1 Å². The minimum absolute atomic E-state index is 0.515. The third-order valence-corrected chi connectivity index (χ3v) is 5.42. The molecule has 1 aliphatic carbocycles. The topological polar surface area (TPSA) is 29.9 Å². The van der Waals surface area contributed by atoms with Crippen molar-refractivity contribution in [3.63, 3.8) is 0 Å². The quantitative estimate of drug-likeness (QED) is 0.894. The third kappa shape index (κ3) is 2.78. The molecule has 1 aromatic heterocycles. The fraction of sp³-hybridized carbons (Fsp3) is 0.824. The number of hydrogen-bond acceptors (Lipinski definition) is 2. The summed E-state index contributed by atoms with van der Waals surface area (Å²) in [5, 5.41) is 3.77. The average Bonchev–Trinajstić information content (AvgIpc) is 2.96. The van der Waals surface area contributed by atoms with Crippen LogP contribution < -0.4 is 5.32 Å². The van der Waals surface area contributed by atoms with Crippen LogP contribution in [0.5, 0.6) is 0 Å². The number of nitrogens with zero attached hydrogens (tertiary/aromatic N) is 2. The Bertz CT molecular complexity index is 426. The van der Waals surface area contributed by atoms with E-state index in [-0.39, 0.29) is 0 Å². The molecule has 20 heavy (non-hydrogen) atoms. The van der Waals surface area contributed by atoms with Crippen molar-refractivity contribution in [1.82, 2.24) is 14.9 Å². The molecule has 0 amide bonds. The molecular weight excluding hydrogens is 246 g/mol. The zero-order valence-corrected chi connectivity index (χ0v) is 13.0. The highest BCUT2D eigenvalue weighted by Crippen LogP contribution is 2.38.